The highest BCUT2D eigenvalue weighted by Crippen LogP contribution is 2.09. The molecule has 0 fully saturated rings. The zero-order valence-electron chi connectivity index (χ0n) is 10.2. The van der Waals surface area contributed by atoms with Gasteiger partial charge >= 0.3 is 5.97 Å². The number of rotatable bonds is 7. The molecule has 1 amide bonds. The number of carboxylic acid groups (broad SMARTS) is 1. The van der Waals surface area contributed by atoms with Gasteiger partial charge in [-0.05, 0) is 26.7 Å². The minimum Gasteiger partial charge on any atom is -0.480 e. The molecule has 0 saturated heterocycles. The lowest BCUT2D eigenvalue weighted by atomic mass is 10.0. The highest BCUT2D eigenvalue weighted by molar-refractivity contribution is 5.84. The Labute approximate surface area is 96.4 Å². The summed E-state index contributed by atoms with van der Waals surface area (Å²) in [7, 11) is 0. The van der Waals surface area contributed by atoms with Crippen molar-refractivity contribution < 1.29 is 14.7 Å². The van der Waals surface area contributed by atoms with Crippen LogP contribution in [0.3, 0.4) is 0 Å². The number of carbonyl (C=O) groups excluding carboxylic acids is 1. The molecule has 16 heavy (non-hydrogen) atoms. The van der Waals surface area contributed by atoms with Crippen molar-refractivity contribution in [2.45, 2.75) is 52.1 Å². The predicted octanol–water partition coefficient (Wildman–Crippen LogP) is 0.729. The molecule has 0 aliphatic rings. The maximum atomic E-state index is 11.5. The molecule has 5 heteroatoms. The third kappa shape index (κ3) is 6.40. The normalized spacial score (nSPS) is 16.2. The van der Waals surface area contributed by atoms with E-state index in [1.807, 2.05) is 6.92 Å². The second-order valence-electron chi connectivity index (χ2n) is 4.38. The molecule has 0 radical (unpaired) electrons. The van der Waals surface area contributed by atoms with Gasteiger partial charge in [0.05, 0.1) is 0 Å². The van der Waals surface area contributed by atoms with Gasteiger partial charge in [-0.1, -0.05) is 13.3 Å². The molecule has 0 rings (SSSR count). The fourth-order valence-corrected chi connectivity index (χ4v) is 1.29. The summed E-state index contributed by atoms with van der Waals surface area (Å²) >= 11 is 0. The van der Waals surface area contributed by atoms with Gasteiger partial charge in [0.2, 0.25) is 5.91 Å². The zero-order chi connectivity index (χ0) is 12.7. The average Bonchev–Trinajstić information content (AvgIpc) is 2.16. The lowest BCUT2D eigenvalue weighted by Crippen LogP contribution is -2.41. The Bertz CT molecular complexity index is 241. The van der Waals surface area contributed by atoms with Crippen molar-refractivity contribution in [3.63, 3.8) is 0 Å². The van der Waals surface area contributed by atoms with E-state index in [2.05, 4.69) is 5.32 Å². The Hall–Kier alpha value is -1.10. The first-order chi connectivity index (χ1) is 7.34. The van der Waals surface area contributed by atoms with E-state index < -0.39 is 12.0 Å². The fourth-order valence-electron chi connectivity index (χ4n) is 1.29. The van der Waals surface area contributed by atoms with E-state index in [0.717, 1.165) is 19.3 Å². The molecule has 0 aromatic rings. The number of amides is 1. The van der Waals surface area contributed by atoms with Crippen LogP contribution in [-0.4, -0.2) is 29.1 Å². The van der Waals surface area contributed by atoms with Crippen LogP contribution in [-0.2, 0) is 9.59 Å². The van der Waals surface area contributed by atoms with Crippen LogP contribution in [0.1, 0.15) is 40.0 Å². The smallest absolute Gasteiger partial charge is 0.325 e. The summed E-state index contributed by atoms with van der Waals surface area (Å²) in [4.78, 5) is 22.1. The van der Waals surface area contributed by atoms with Crippen LogP contribution >= 0.6 is 0 Å². The monoisotopic (exact) mass is 230 g/mol. The molecule has 0 spiro atoms. The van der Waals surface area contributed by atoms with Crippen LogP contribution in [0.2, 0.25) is 0 Å². The van der Waals surface area contributed by atoms with Crippen LogP contribution in [0.4, 0.5) is 0 Å². The summed E-state index contributed by atoms with van der Waals surface area (Å²) in [5.41, 5.74) is 5.60. The summed E-state index contributed by atoms with van der Waals surface area (Å²) in [6.45, 7) is 5.18. The minimum atomic E-state index is -1.02. The van der Waals surface area contributed by atoms with Crippen molar-refractivity contribution in [3.05, 3.63) is 0 Å². The van der Waals surface area contributed by atoms with E-state index in [9.17, 15) is 9.59 Å². The van der Waals surface area contributed by atoms with Gasteiger partial charge in [0.25, 0.3) is 0 Å². The van der Waals surface area contributed by atoms with Crippen LogP contribution in [0, 0.1) is 5.92 Å². The first kappa shape index (κ1) is 14.9. The summed E-state index contributed by atoms with van der Waals surface area (Å²) in [5.74, 6) is -1.39. The lowest BCUT2D eigenvalue weighted by Gasteiger charge is -2.15. The van der Waals surface area contributed by atoms with Crippen molar-refractivity contribution in [2.75, 3.05) is 0 Å². The fraction of sp³-hybridized carbons (Fsp3) is 0.818. The number of carbonyl (C=O) groups is 2. The summed E-state index contributed by atoms with van der Waals surface area (Å²) in [5, 5.41) is 11.1. The van der Waals surface area contributed by atoms with E-state index in [0.29, 0.717) is 0 Å². The van der Waals surface area contributed by atoms with Crippen LogP contribution in [0.5, 0.6) is 0 Å². The second-order valence-corrected chi connectivity index (χ2v) is 4.38. The molecule has 0 aromatic heterocycles. The van der Waals surface area contributed by atoms with Crippen molar-refractivity contribution >= 4 is 11.9 Å². The van der Waals surface area contributed by atoms with Gasteiger partial charge in [-0.25, -0.2) is 0 Å². The molecule has 0 saturated carbocycles. The maximum Gasteiger partial charge on any atom is 0.325 e. The van der Waals surface area contributed by atoms with E-state index in [1.54, 1.807) is 6.92 Å². The van der Waals surface area contributed by atoms with Crippen LogP contribution in [0.25, 0.3) is 0 Å². The van der Waals surface area contributed by atoms with Gasteiger partial charge in [-0.15, -0.1) is 0 Å². The van der Waals surface area contributed by atoms with Gasteiger partial charge < -0.3 is 16.2 Å². The largest absolute Gasteiger partial charge is 0.480 e. The van der Waals surface area contributed by atoms with E-state index in [-0.39, 0.29) is 17.9 Å². The van der Waals surface area contributed by atoms with Crippen molar-refractivity contribution in [1.82, 2.24) is 5.32 Å². The molecule has 3 atom stereocenters. The Morgan fingerprint density at radius 2 is 1.81 bits per heavy atom. The van der Waals surface area contributed by atoms with E-state index in [1.165, 1.54) is 6.92 Å². The molecule has 4 N–H and O–H groups in total. The van der Waals surface area contributed by atoms with E-state index in [4.69, 9.17) is 10.8 Å². The number of hydrogen-bond acceptors (Lipinski definition) is 3. The molecule has 94 valence electrons. The number of carboxylic acids is 1. The molecule has 2 unspecified atom stereocenters. The predicted molar refractivity (Wildman–Crippen MR) is 61.9 cm³/mol. The Kier molecular flexibility index (Phi) is 6.72. The number of nitrogens with one attached hydrogen (secondary N) is 1. The van der Waals surface area contributed by atoms with Gasteiger partial charge in [-0.3, -0.25) is 9.59 Å². The highest BCUT2D eigenvalue weighted by atomic mass is 16.4. The highest BCUT2D eigenvalue weighted by Gasteiger charge is 2.18. The second kappa shape index (κ2) is 7.22. The number of hydrogen-bond donors (Lipinski definition) is 3. The third-order valence-corrected chi connectivity index (χ3v) is 2.47. The number of aliphatic carboxylic acids is 1. The quantitative estimate of drug-likeness (QED) is 0.601. The topological polar surface area (TPSA) is 92.4 Å². The van der Waals surface area contributed by atoms with Gasteiger partial charge in [-0.2, -0.15) is 0 Å². The van der Waals surface area contributed by atoms with Crippen molar-refractivity contribution in [2.24, 2.45) is 11.7 Å². The van der Waals surface area contributed by atoms with Gasteiger partial charge in [0.15, 0.2) is 0 Å². The van der Waals surface area contributed by atoms with Crippen LogP contribution < -0.4 is 11.1 Å². The Morgan fingerprint density at radius 3 is 2.25 bits per heavy atom. The number of nitrogens with two attached hydrogens (primary N) is 1. The van der Waals surface area contributed by atoms with Crippen molar-refractivity contribution in [3.8, 4) is 0 Å². The summed E-state index contributed by atoms with van der Waals surface area (Å²) in [6, 6.07) is -0.684. The average molecular weight is 230 g/mol. The standard InChI is InChI=1S/C11H22N2O3/c1-7(5-4-6-8(2)12)10(14)13-9(3)11(15)16/h7-9H,4-6,12H2,1-3H3,(H,13,14)(H,15,16)/t7?,8?,9-/m1/s1. The Morgan fingerprint density at radius 1 is 1.25 bits per heavy atom. The maximum absolute atomic E-state index is 11.5. The molecule has 0 aliphatic carbocycles. The van der Waals surface area contributed by atoms with Crippen molar-refractivity contribution in [1.29, 1.82) is 0 Å². The van der Waals surface area contributed by atoms with Gasteiger partial charge in [0, 0.05) is 12.0 Å². The first-order valence-corrected chi connectivity index (χ1v) is 5.63. The molecule has 0 bridgehead atoms. The third-order valence-electron chi connectivity index (χ3n) is 2.47. The summed E-state index contributed by atoms with van der Waals surface area (Å²) in [6.07, 6.45) is 2.50. The first-order valence-electron chi connectivity index (χ1n) is 5.63. The Balaban J connectivity index is 3.86. The SMILES string of the molecule is CC(N)CCCC(C)C(=O)N[C@H](C)C(=O)O. The van der Waals surface area contributed by atoms with E-state index >= 15 is 0 Å². The molecular weight excluding hydrogens is 208 g/mol. The molecule has 5 nitrogen and oxygen atoms in total. The molecule has 0 aliphatic heterocycles. The minimum absolute atomic E-state index is 0.146. The lowest BCUT2D eigenvalue weighted by molar-refractivity contribution is -0.141. The van der Waals surface area contributed by atoms with Crippen LogP contribution in [0.15, 0.2) is 0 Å². The molecule has 0 heterocycles. The van der Waals surface area contributed by atoms with Gasteiger partial charge in [0.1, 0.15) is 6.04 Å². The summed E-state index contributed by atoms with van der Waals surface area (Å²) < 4.78 is 0. The zero-order valence-corrected chi connectivity index (χ0v) is 10.2. The molecular formula is C11H22N2O3. The molecule has 0 aromatic carbocycles.